The normalized spacial score (nSPS) is 10.8. The topological polar surface area (TPSA) is 42.2 Å². The van der Waals surface area contributed by atoms with Gasteiger partial charge in [0.15, 0.2) is 0 Å². The molecular formula is C17H15NO2S. The van der Waals surface area contributed by atoms with Crippen molar-refractivity contribution >= 4 is 17.3 Å². The Kier molecular flexibility index (Phi) is 3.39. The van der Waals surface area contributed by atoms with Crippen LogP contribution < -0.4 is 0 Å². The molecular weight excluding hydrogens is 282 g/mol. The van der Waals surface area contributed by atoms with E-state index < -0.39 is 5.97 Å². The molecule has 3 aromatic rings. The number of rotatable bonds is 3. The van der Waals surface area contributed by atoms with Gasteiger partial charge in [-0.3, -0.25) is 0 Å². The molecule has 0 aliphatic carbocycles. The molecule has 3 nitrogen and oxygen atoms in total. The summed E-state index contributed by atoms with van der Waals surface area (Å²) >= 11 is 1.32. The highest BCUT2D eigenvalue weighted by atomic mass is 32.1. The fourth-order valence-corrected chi connectivity index (χ4v) is 3.48. The van der Waals surface area contributed by atoms with Crippen LogP contribution in [-0.4, -0.2) is 15.6 Å². The Labute approximate surface area is 127 Å². The molecule has 0 atom stereocenters. The number of aryl methyl sites for hydroxylation is 2. The first kappa shape index (κ1) is 13.6. The maximum absolute atomic E-state index is 11.6. The maximum Gasteiger partial charge on any atom is 0.348 e. The molecule has 0 spiro atoms. The smallest absolute Gasteiger partial charge is 0.348 e. The van der Waals surface area contributed by atoms with E-state index >= 15 is 0 Å². The lowest BCUT2D eigenvalue weighted by Crippen LogP contribution is -2.03. The Hall–Kier alpha value is -2.33. The average Bonchev–Trinajstić information content (AvgIpc) is 3.04. The monoisotopic (exact) mass is 297 g/mol. The van der Waals surface area contributed by atoms with E-state index in [-0.39, 0.29) is 0 Å². The number of carboxylic acid groups (broad SMARTS) is 1. The second-order valence-electron chi connectivity index (χ2n) is 4.95. The van der Waals surface area contributed by atoms with Crippen LogP contribution in [0.4, 0.5) is 0 Å². The summed E-state index contributed by atoms with van der Waals surface area (Å²) in [6.07, 6.45) is 0. The minimum absolute atomic E-state index is 0.372. The number of carbonyl (C=O) groups is 1. The second-order valence-corrected chi connectivity index (χ2v) is 6.00. The van der Waals surface area contributed by atoms with E-state index in [0.29, 0.717) is 4.88 Å². The average molecular weight is 297 g/mol. The number of hydrogen-bond donors (Lipinski definition) is 1. The van der Waals surface area contributed by atoms with E-state index in [4.69, 9.17) is 0 Å². The SMILES string of the molecule is Cc1ccc(C)n1-c1cc(-c2ccccc2)sc1C(=O)O. The number of aromatic nitrogens is 1. The van der Waals surface area contributed by atoms with Gasteiger partial charge in [0.1, 0.15) is 4.88 Å². The van der Waals surface area contributed by atoms with Crippen molar-refractivity contribution in [2.45, 2.75) is 13.8 Å². The third kappa shape index (κ3) is 2.38. The zero-order chi connectivity index (χ0) is 15.0. The van der Waals surface area contributed by atoms with E-state index in [0.717, 1.165) is 27.5 Å². The molecule has 4 heteroatoms. The van der Waals surface area contributed by atoms with Crippen molar-refractivity contribution in [1.29, 1.82) is 0 Å². The summed E-state index contributed by atoms with van der Waals surface area (Å²) in [4.78, 5) is 12.9. The van der Waals surface area contributed by atoms with Crippen LogP contribution in [0.2, 0.25) is 0 Å². The Morgan fingerprint density at radius 2 is 1.67 bits per heavy atom. The minimum atomic E-state index is -0.885. The van der Waals surface area contributed by atoms with E-state index in [2.05, 4.69) is 0 Å². The van der Waals surface area contributed by atoms with Crippen molar-refractivity contribution < 1.29 is 9.90 Å². The lowest BCUT2D eigenvalue weighted by Gasteiger charge is -2.08. The highest BCUT2D eigenvalue weighted by molar-refractivity contribution is 7.17. The number of hydrogen-bond acceptors (Lipinski definition) is 2. The van der Waals surface area contributed by atoms with Crippen LogP contribution in [0.25, 0.3) is 16.1 Å². The van der Waals surface area contributed by atoms with E-state index in [1.165, 1.54) is 11.3 Å². The molecule has 2 heterocycles. The molecule has 1 N–H and O–H groups in total. The van der Waals surface area contributed by atoms with E-state index in [1.54, 1.807) is 0 Å². The molecule has 0 saturated carbocycles. The first-order valence-electron chi connectivity index (χ1n) is 6.66. The van der Waals surface area contributed by atoms with Crippen LogP contribution in [0.3, 0.4) is 0 Å². The lowest BCUT2D eigenvalue weighted by atomic mass is 10.2. The van der Waals surface area contributed by atoms with Gasteiger partial charge in [-0.15, -0.1) is 11.3 Å². The molecule has 0 fully saturated rings. The van der Waals surface area contributed by atoms with Gasteiger partial charge < -0.3 is 9.67 Å². The summed E-state index contributed by atoms with van der Waals surface area (Å²) in [6, 6.07) is 15.8. The second kappa shape index (κ2) is 5.22. The molecule has 3 rings (SSSR count). The number of thiophene rings is 1. The summed E-state index contributed by atoms with van der Waals surface area (Å²) in [7, 11) is 0. The fraction of sp³-hybridized carbons (Fsp3) is 0.118. The van der Waals surface area contributed by atoms with Crippen LogP contribution in [0.15, 0.2) is 48.5 Å². The van der Waals surface area contributed by atoms with Gasteiger partial charge in [0, 0.05) is 16.3 Å². The van der Waals surface area contributed by atoms with E-state index in [9.17, 15) is 9.90 Å². The molecule has 0 bridgehead atoms. The van der Waals surface area contributed by atoms with Crippen molar-refractivity contribution in [3.63, 3.8) is 0 Å². The summed E-state index contributed by atoms with van der Waals surface area (Å²) in [6.45, 7) is 3.97. The van der Waals surface area contributed by atoms with Gasteiger partial charge in [-0.1, -0.05) is 30.3 Å². The first-order chi connectivity index (χ1) is 10.1. The highest BCUT2D eigenvalue weighted by Crippen LogP contribution is 2.35. The molecule has 0 amide bonds. The van der Waals surface area contributed by atoms with Gasteiger partial charge in [-0.2, -0.15) is 0 Å². The molecule has 106 valence electrons. The van der Waals surface area contributed by atoms with Crippen molar-refractivity contribution in [2.75, 3.05) is 0 Å². The van der Waals surface area contributed by atoms with Gasteiger partial charge in [-0.25, -0.2) is 4.79 Å². The van der Waals surface area contributed by atoms with Crippen molar-refractivity contribution in [2.24, 2.45) is 0 Å². The Bertz CT molecular complexity index is 780. The zero-order valence-electron chi connectivity index (χ0n) is 11.8. The largest absolute Gasteiger partial charge is 0.477 e. The summed E-state index contributed by atoms with van der Waals surface area (Å²) in [5.74, 6) is -0.885. The highest BCUT2D eigenvalue weighted by Gasteiger charge is 2.19. The minimum Gasteiger partial charge on any atom is -0.477 e. The maximum atomic E-state index is 11.6. The van der Waals surface area contributed by atoms with Crippen LogP contribution >= 0.6 is 11.3 Å². The van der Waals surface area contributed by atoms with Gasteiger partial charge in [0.25, 0.3) is 0 Å². The summed E-state index contributed by atoms with van der Waals surface area (Å²) in [5, 5.41) is 9.50. The fourth-order valence-electron chi connectivity index (χ4n) is 2.49. The van der Waals surface area contributed by atoms with Gasteiger partial charge >= 0.3 is 5.97 Å². The number of benzene rings is 1. The van der Waals surface area contributed by atoms with Gasteiger partial charge in [0.05, 0.1) is 5.69 Å². The molecule has 2 aromatic heterocycles. The number of nitrogens with zero attached hydrogens (tertiary/aromatic N) is 1. The molecule has 1 aromatic carbocycles. The Morgan fingerprint density at radius 3 is 2.24 bits per heavy atom. The van der Waals surface area contributed by atoms with Crippen LogP contribution in [0.5, 0.6) is 0 Å². The lowest BCUT2D eigenvalue weighted by molar-refractivity contribution is 0.0702. The molecule has 0 aliphatic heterocycles. The summed E-state index contributed by atoms with van der Waals surface area (Å²) < 4.78 is 1.99. The number of aromatic carboxylic acids is 1. The zero-order valence-corrected chi connectivity index (χ0v) is 12.6. The number of carboxylic acids is 1. The van der Waals surface area contributed by atoms with Crippen molar-refractivity contribution in [1.82, 2.24) is 4.57 Å². The molecule has 0 unspecified atom stereocenters. The third-order valence-corrected chi connectivity index (χ3v) is 4.64. The van der Waals surface area contributed by atoms with Gasteiger partial charge in [-0.05, 0) is 37.6 Å². The summed E-state index contributed by atoms with van der Waals surface area (Å²) in [5.41, 5.74) is 3.85. The molecule has 21 heavy (non-hydrogen) atoms. The Morgan fingerprint density at radius 1 is 1.05 bits per heavy atom. The predicted octanol–water partition coefficient (Wildman–Crippen LogP) is 4.52. The quantitative estimate of drug-likeness (QED) is 0.772. The van der Waals surface area contributed by atoms with Crippen LogP contribution in [0.1, 0.15) is 21.1 Å². The van der Waals surface area contributed by atoms with E-state index in [1.807, 2.05) is 66.9 Å². The van der Waals surface area contributed by atoms with Gasteiger partial charge in [0.2, 0.25) is 0 Å². The third-order valence-electron chi connectivity index (χ3n) is 3.48. The van der Waals surface area contributed by atoms with Crippen LogP contribution in [-0.2, 0) is 0 Å². The first-order valence-corrected chi connectivity index (χ1v) is 7.47. The Balaban J connectivity index is 2.21. The predicted molar refractivity (Wildman–Crippen MR) is 85.5 cm³/mol. The standard InChI is InChI=1S/C17H15NO2S/c1-11-8-9-12(2)18(11)14-10-15(21-16(14)17(19)20)13-6-4-3-5-7-13/h3-10H,1-2H3,(H,19,20). The van der Waals surface area contributed by atoms with Crippen molar-refractivity contribution in [3.05, 3.63) is 64.8 Å². The van der Waals surface area contributed by atoms with Crippen LogP contribution in [0, 0.1) is 13.8 Å². The molecule has 0 saturated heterocycles. The van der Waals surface area contributed by atoms with Crippen molar-refractivity contribution in [3.8, 4) is 16.1 Å². The molecule has 0 radical (unpaired) electrons. The molecule has 0 aliphatic rings.